The van der Waals surface area contributed by atoms with Crippen LogP contribution in [0.1, 0.15) is 29.5 Å². The van der Waals surface area contributed by atoms with Gasteiger partial charge < -0.3 is 5.73 Å². The summed E-state index contributed by atoms with van der Waals surface area (Å²) in [6.45, 7) is 2.11. The van der Waals surface area contributed by atoms with Gasteiger partial charge in [-0.25, -0.2) is 0 Å². The van der Waals surface area contributed by atoms with Crippen molar-refractivity contribution < 1.29 is 0 Å². The van der Waals surface area contributed by atoms with Crippen LogP contribution in [-0.2, 0) is 5.41 Å². The molecule has 0 atom stereocenters. The van der Waals surface area contributed by atoms with Gasteiger partial charge in [-0.1, -0.05) is 29.8 Å². The minimum atomic E-state index is 0.137. The molecule has 17 heavy (non-hydrogen) atoms. The van der Waals surface area contributed by atoms with Gasteiger partial charge in [0.2, 0.25) is 0 Å². The third kappa shape index (κ3) is 1.68. The molecule has 1 heterocycles. The Balaban J connectivity index is 2.04. The third-order valence-corrected chi connectivity index (χ3v) is 3.58. The summed E-state index contributed by atoms with van der Waals surface area (Å²) in [5.74, 6) is 0.501. The summed E-state index contributed by atoms with van der Waals surface area (Å²) in [7, 11) is 0. The molecule has 0 saturated heterocycles. The summed E-state index contributed by atoms with van der Waals surface area (Å²) in [6.07, 6.45) is 4.17. The van der Waals surface area contributed by atoms with Crippen LogP contribution < -0.4 is 5.73 Å². The molecular formula is C14H15N3. The first-order chi connectivity index (χ1) is 8.21. The summed E-state index contributed by atoms with van der Waals surface area (Å²) < 4.78 is 0. The van der Waals surface area contributed by atoms with Gasteiger partial charge in [-0.2, -0.15) is 5.10 Å². The monoisotopic (exact) mass is 225 g/mol. The second-order valence-corrected chi connectivity index (χ2v) is 4.82. The molecule has 0 aliphatic heterocycles. The second kappa shape index (κ2) is 3.55. The first-order valence-corrected chi connectivity index (χ1v) is 5.86. The Morgan fingerprint density at radius 3 is 2.41 bits per heavy atom. The molecule has 1 saturated carbocycles. The zero-order valence-electron chi connectivity index (χ0n) is 9.85. The maximum Gasteiger partial charge on any atom is 0.146 e. The lowest BCUT2D eigenvalue weighted by atomic mass is 9.89. The molecule has 0 radical (unpaired) electrons. The van der Waals surface area contributed by atoms with Crippen molar-refractivity contribution in [1.29, 1.82) is 0 Å². The van der Waals surface area contributed by atoms with Gasteiger partial charge in [0.15, 0.2) is 0 Å². The Bertz CT molecular complexity index is 542. The van der Waals surface area contributed by atoms with Crippen LogP contribution in [-0.4, -0.2) is 10.2 Å². The van der Waals surface area contributed by atoms with Gasteiger partial charge in [0, 0.05) is 5.41 Å². The number of hydrogen-bond acceptors (Lipinski definition) is 3. The van der Waals surface area contributed by atoms with Gasteiger partial charge in [-0.3, -0.25) is 0 Å². The number of aryl methyl sites for hydroxylation is 1. The molecule has 1 fully saturated rings. The van der Waals surface area contributed by atoms with Crippen LogP contribution in [0, 0.1) is 6.92 Å². The van der Waals surface area contributed by atoms with Crippen molar-refractivity contribution in [2.24, 2.45) is 0 Å². The number of benzene rings is 1. The van der Waals surface area contributed by atoms with Gasteiger partial charge in [-0.05, 0) is 37.0 Å². The normalized spacial score (nSPS) is 16.8. The largest absolute Gasteiger partial charge is 0.382 e. The Morgan fingerprint density at radius 2 is 1.82 bits per heavy atom. The lowest BCUT2D eigenvalue weighted by Crippen LogP contribution is -2.10. The lowest BCUT2D eigenvalue weighted by Gasteiger charge is -2.16. The van der Waals surface area contributed by atoms with Crippen LogP contribution in [0.3, 0.4) is 0 Å². The van der Waals surface area contributed by atoms with E-state index >= 15 is 0 Å². The Hall–Kier alpha value is -1.90. The summed E-state index contributed by atoms with van der Waals surface area (Å²) in [6, 6.07) is 10.7. The van der Waals surface area contributed by atoms with E-state index in [0.29, 0.717) is 5.82 Å². The first kappa shape index (κ1) is 10.3. The predicted octanol–water partition coefficient (Wildman–Crippen LogP) is 2.45. The molecule has 2 aromatic rings. The van der Waals surface area contributed by atoms with E-state index < -0.39 is 0 Å². The van der Waals surface area contributed by atoms with Crippen LogP contribution in [0.2, 0.25) is 0 Å². The molecule has 1 aromatic carbocycles. The van der Waals surface area contributed by atoms with E-state index in [4.69, 9.17) is 5.73 Å². The van der Waals surface area contributed by atoms with E-state index in [1.165, 1.54) is 29.5 Å². The molecule has 1 aliphatic carbocycles. The standard InChI is InChI=1S/C14H15N3/c1-10-2-4-11(5-3-10)14(6-7-14)12-8-13(15)17-16-9-12/h2-5,8-9H,6-7H2,1H3,(H2,15,17). The SMILES string of the molecule is Cc1ccc(C2(c3cnnc(N)c3)CC2)cc1. The summed E-state index contributed by atoms with van der Waals surface area (Å²) in [5.41, 5.74) is 9.68. The minimum absolute atomic E-state index is 0.137. The summed E-state index contributed by atoms with van der Waals surface area (Å²) >= 11 is 0. The molecule has 1 aliphatic rings. The van der Waals surface area contributed by atoms with E-state index in [-0.39, 0.29) is 5.41 Å². The highest BCUT2D eigenvalue weighted by atomic mass is 15.1. The number of hydrogen-bond donors (Lipinski definition) is 1. The van der Waals surface area contributed by atoms with Crippen molar-refractivity contribution in [2.45, 2.75) is 25.2 Å². The Labute approximate surface area is 101 Å². The maximum absolute atomic E-state index is 5.71. The summed E-state index contributed by atoms with van der Waals surface area (Å²) in [5, 5.41) is 7.78. The van der Waals surface area contributed by atoms with Gasteiger partial charge >= 0.3 is 0 Å². The van der Waals surface area contributed by atoms with E-state index in [1.54, 1.807) is 0 Å². The van der Waals surface area contributed by atoms with Crippen LogP contribution in [0.4, 0.5) is 5.82 Å². The molecule has 86 valence electrons. The van der Waals surface area contributed by atoms with Crippen molar-refractivity contribution in [2.75, 3.05) is 5.73 Å². The number of aromatic nitrogens is 2. The zero-order chi connectivity index (χ0) is 11.9. The fourth-order valence-electron chi connectivity index (χ4n) is 2.39. The van der Waals surface area contributed by atoms with Gasteiger partial charge in [0.25, 0.3) is 0 Å². The van der Waals surface area contributed by atoms with Crippen molar-refractivity contribution in [3.63, 3.8) is 0 Å². The third-order valence-electron chi connectivity index (χ3n) is 3.58. The van der Waals surface area contributed by atoms with Crippen LogP contribution >= 0.6 is 0 Å². The minimum Gasteiger partial charge on any atom is -0.382 e. The van der Waals surface area contributed by atoms with Crippen molar-refractivity contribution in [3.8, 4) is 0 Å². The highest BCUT2D eigenvalue weighted by molar-refractivity contribution is 5.47. The molecule has 0 unspecified atom stereocenters. The van der Waals surface area contributed by atoms with E-state index in [2.05, 4.69) is 41.4 Å². The number of anilines is 1. The maximum atomic E-state index is 5.71. The summed E-state index contributed by atoms with van der Waals surface area (Å²) in [4.78, 5) is 0. The van der Waals surface area contributed by atoms with E-state index in [9.17, 15) is 0 Å². The highest BCUT2D eigenvalue weighted by Gasteiger charge is 2.46. The van der Waals surface area contributed by atoms with Gasteiger partial charge in [0.1, 0.15) is 5.82 Å². The number of nitrogens with zero attached hydrogens (tertiary/aromatic N) is 2. The molecule has 2 N–H and O–H groups in total. The van der Waals surface area contributed by atoms with Crippen LogP contribution in [0.5, 0.6) is 0 Å². The zero-order valence-corrected chi connectivity index (χ0v) is 9.85. The molecule has 0 amide bonds. The van der Waals surface area contributed by atoms with Gasteiger partial charge in [-0.15, -0.1) is 5.10 Å². The topological polar surface area (TPSA) is 51.8 Å². The molecule has 3 nitrogen and oxygen atoms in total. The molecule has 3 heteroatoms. The fraction of sp³-hybridized carbons (Fsp3) is 0.286. The molecule has 0 bridgehead atoms. The van der Waals surface area contributed by atoms with Crippen LogP contribution in [0.25, 0.3) is 0 Å². The van der Waals surface area contributed by atoms with E-state index in [0.717, 1.165) is 0 Å². The van der Waals surface area contributed by atoms with Crippen molar-refractivity contribution in [3.05, 3.63) is 53.2 Å². The number of nitrogen functional groups attached to an aromatic ring is 1. The Morgan fingerprint density at radius 1 is 1.12 bits per heavy atom. The molecule has 1 aromatic heterocycles. The lowest BCUT2D eigenvalue weighted by molar-refractivity contribution is 0.825. The molecule has 0 spiro atoms. The Kier molecular flexibility index (Phi) is 2.15. The first-order valence-electron chi connectivity index (χ1n) is 5.86. The highest BCUT2D eigenvalue weighted by Crippen LogP contribution is 2.53. The fourth-order valence-corrected chi connectivity index (χ4v) is 2.39. The average Bonchev–Trinajstić information content (AvgIpc) is 3.11. The van der Waals surface area contributed by atoms with Crippen molar-refractivity contribution >= 4 is 5.82 Å². The van der Waals surface area contributed by atoms with Crippen molar-refractivity contribution in [1.82, 2.24) is 10.2 Å². The second-order valence-electron chi connectivity index (χ2n) is 4.82. The number of nitrogens with two attached hydrogens (primary N) is 1. The van der Waals surface area contributed by atoms with E-state index in [1.807, 2.05) is 12.3 Å². The van der Waals surface area contributed by atoms with Gasteiger partial charge in [0.05, 0.1) is 6.20 Å². The quantitative estimate of drug-likeness (QED) is 0.854. The average molecular weight is 225 g/mol. The predicted molar refractivity (Wildman–Crippen MR) is 67.6 cm³/mol. The van der Waals surface area contributed by atoms with Crippen LogP contribution in [0.15, 0.2) is 36.5 Å². The number of rotatable bonds is 2. The smallest absolute Gasteiger partial charge is 0.146 e. The molecule has 3 rings (SSSR count). The molecular weight excluding hydrogens is 210 g/mol.